The van der Waals surface area contributed by atoms with Crippen LogP contribution in [0.1, 0.15) is 36.4 Å². The van der Waals surface area contributed by atoms with Gasteiger partial charge >= 0.3 is 12.2 Å². The van der Waals surface area contributed by atoms with Crippen molar-refractivity contribution in [2.24, 2.45) is 0 Å². The maximum atomic E-state index is 11.6. The molecule has 3 aromatic rings. The molecule has 2 N–H and O–H groups in total. The molecule has 1 atom stereocenters. The number of aromatic nitrogens is 5. The van der Waals surface area contributed by atoms with Crippen LogP contribution in [0, 0.1) is 13.8 Å². The molecule has 0 bridgehead atoms. The molecule has 1 aliphatic heterocycles. The number of aryl methyl sites for hydroxylation is 1. The van der Waals surface area contributed by atoms with Crippen LogP contribution >= 0.6 is 11.6 Å². The first kappa shape index (κ1) is 25.5. The van der Waals surface area contributed by atoms with Crippen molar-refractivity contribution in [1.82, 2.24) is 24.7 Å². The third-order valence-electron chi connectivity index (χ3n) is 5.73. The predicted octanol–water partition coefficient (Wildman–Crippen LogP) is 3.40. The van der Waals surface area contributed by atoms with E-state index in [9.17, 15) is 19.8 Å². The maximum Gasteiger partial charge on any atom is 0.424 e. The molecule has 4 heterocycles. The number of methoxy groups -OCH3 is 1. The molecule has 36 heavy (non-hydrogen) atoms. The molecule has 2 amide bonds. The highest BCUT2D eigenvalue weighted by Gasteiger charge is 2.35. The Morgan fingerprint density at radius 2 is 1.94 bits per heavy atom. The number of carboxylic acid groups (broad SMARTS) is 2. The number of hydrogen-bond donors (Lipinski definition) is 2. The largest absolute Gasteiger partial charge is 0.496 e. The van der Waals surface area contributed by atoms with Gasteiger partial charge in [-0.3, -0.25) is 4.98 Å². The van der Waals surface area contributed by atoms with Crippen LogP contribution < -0.4 is 9.64 Å². The summed E-state index contributed by atoms with van der Waals surface area (Å²) in [6.07, 6.45) is -1.90. The van der Waals surface area contributed by atoms with Crippen LogP contribution in [0.2, 0.25) is 5.15 Å². The summed E-state index contributed by atoms with van der Waals surface area (Å²) in [5.74, 6) is -0.695. The molecule has 0 radical (unpaired) electrons. The van der Waals surface area contributed by atoms with Gasteiger partial charge in [-0.1, -0.05) is 11.6 Å². The van der Waals surface area contributed by atoms with Gasteiger partial charge in [0.2, 0.25) is 5.95 Å². The van der Waals surface area contributed by atoms with E-state index in [0.717, 1.165) is 11.1 Å². The molecular formula is C22H25ClN6O7. The summed E-state index contributed by atoms with van der Waals surface area (Å²) in [5.41, 5.74) is 2.90. The summed E-state index contributed by atoms with van der Waals surface area (Å²) in [7, 11) is 1.57. The number of hydrogen-bond acceptors (Lipinski definition) is 9. The van der Waals surface area contributed by atoms with E-state index in [4.69, 9.17) is 25.8 Å². The van der Waals surface area contributed by atoms with Gasteiger partial charge in [0.25, 0.3) is 0 Å². The highest BCUT2D eigenvalue weighted by Crippen LogP contribution is 2.32. The third-order valence-corrected chi connectivity index (χ3v) is 6.00. The zero-order chi connectivity index (χ0) is 26.4. The average Bonchev–Trinajstić information content (AvgIpc) is 3.29. The van der Waals surface area contributed by atoms with Crippen LogP contribution in [-0.2, 0) is 22.4 Å². The SMILES string of the molecule is COc1c(C)cnc(Cn2nc(CC3COC(C)(C)O3)c3c(Cl)nc(N(C(=O)O)C(=O)O)nc32)c1C. The minimum atomic E-state index is -1.77. The van der Waals surface area contributed by atoms with Crippen molar-refractivity contribution in [3.8, 4) is 5.75 Å². The third kappa shape index (κ3) is 4.76. The number of amides is 2. The van der Waals surface area contributed by atoms with Gasteiger partial charge in [-0.2, -0.15) is 15.1 Å². The van der Waals surface area contributed by atoms with E-state index < -0.39 is 23.9 Å². The van der Waals surface area contributed by atoms with E-state index >= 15 is 0 Å². The van der Waals surface area contributed by atoms with E-state index in [1.165, 1.54) is 4.68 Å². The number of nitrogens with zero attached hydrogens (tertiary/aromatic N) is 6. The van der Waals surface area contributed by atoms with Crippen molar-refractivity contribution in [1.29, 1.82) is 0 Å². The minimum Gasteiger partial charge on any atom is -0.496 e. The standard InChI is InChI=1S/C22H25ClN6O7/c1-10-7-24-14(11(2)16(10)34-5)8-28-18-15(13(27-28)6-12-9-35-22(3,4)36-12)17(23)25-19(26-18)29(20(30)31)21(32)33/h7,12H,6,8-9H2,1-5H3,(H,30,31)(H,32,33). The first-order chi connectivity index (χ1) is 16.9. The van der Waals surface area contributed by atoms with E-state index in [2.05, 4.69) is 20.1 Å². The van der Waals surface area contributed by atoms with Gasteiger partial charge in [-0.15, -0.1) is 4.90 Å². The smallest absolute Gasteiger partial charge is 0.424 e. The first-order valence-corrected chi connectivity index (χ1v) is 11.3. The molecular weight excluding hydrogens is 496 g/mol. The monoisotopic (exact) mass is 520 g/mol. The molecule has 0 aliphatic carbocycles. The highest BCUT2D eigenvalue weighted by molar-refractivity contribution is 6.34. The number of pyridine rings is 1. The van der Waals surface area contributed by atoms with Crippen LogP contribution in [0.4, 0.5) is 15.5 Å². The second-order valence-electron chi connectivity index (χ2n) is 8.72. The quantitative estimate of drug-likeness (QED) is 0.458. The molecule has 1 fully saturated rings. The van der Waals surface area contributed by atoms with Crippen LogP contribution in [0.25, 0.3) is 11.0 Å². The molecule has 4 rings (SSSR count). The van der Waals surface area contributed by atoms with Gasteiger partial charge in [-0.25, -0.2) is 14.3 Å². The van der Waals surface area contributed by atoms with Crippen molar-refractivity contribution in [3.63, 3.8) is 0 Å². The molecule has 3 aromatic heterocycles. The summed E-state index contributed by atoms with van der Waals surface area (Å²) in [4.78, 5) is 35.8. The van der Waals surface area contributed by atoms with Crippen LogP contribution in [0.3, 0.4) is 0 Å². The fraction of sp³-hybridized carbons (Fsp3) is 0.455. The lowest BCUT2D eigenvalue weighted by Crippen LogP contribution is -2.36. The van der Waals surface area contributed by atoms with Crippen molar-refractivity contribution < 1.29 is 34.0 Å². The Kier molecular flexibility index (Phi) is 6.73. The normalized spacial score (nSPS) is 16.9. The molecule has 1 aliphatic rings. The van der Waals surface area contributed by atoms with Crippen LogP contribution in [0.5, 0.6) is 5.75 Å². The fourth-order valence-corrected chi connectivity index (χ4v) is 4.42. The number of halogens is 1. The Bertz CT molecular complexity index is 1340. The molecule has 192 valence electrons. The van der Waals surface area contributed by atoms with Gasteiger partial charge in [0, 0.05) is 23.7 Å². The number of imide groups is 1. The number of anilines is 1. The zero-order valence-corrected chi connectivity index (χ0v) is 21.0. The molecule has 13 nitrogen and oxygen atoms in total. The Morgan fingerprint density at radius 1 is 1.25 bits per heavy atom. The lowest BCUT2D eigenvalue weighted by atomic mass is 10.1. The second-order valence-corrected chi connectivity index (χ2v) is 9.08. The Hall–Kier alpha value is -3.55. The van der Waals surface area contributed by atoms with E-state index in [-0.39, 0.29) is 28.3 Å². The van der Waals surface area contributed by atoms with Crippen molar-refractivity contribution in [2.45, 2.75) is 52.6 Å². The summed E-state index contributed by atoms with van der Waals surface area (Å²) in [6.45, 7) is 7.80. The number of carbonyl (C=O) groups is 2. The van der Waals surface area contributed by atoms with E-state index in [1.54, 1.807) is 27.2 Å². The van der Waals surface area contributed by atoms with Gasteiger partial charge in [0.15, 0.2) is 11.4 Å². The molecule has 0 aromatic carbocycles. The lowest BCUT2D eigenvalue weighted by molar-refractivity contribution is -0.138. The van der Waals surface area contributed by atoms with Crippen molar-refractivity contribution in [3.05, 3.63) is 33.9 Å². The minimum absolute atomic E-state index is 0.0167. The lowest BCUT2D eigenvalue weighted by Gasteiger charge is -2.16. The highest BCUT2D eigenvalue weighted by atomic mass is 35.5. The van der Waals surface area contributed by atoms with Crippen molar-refractivity contribution in [2.75, 3.05) is 18.6 Å². The Labute approximate surface area is 210 Å². The molecule has 0 spiro atoms. The molecule has 1 saturated heterocycles. The first-order valence-electron chi connectivity index (χ1n) is 10.9. The Balaban J connectivity index is 1.86. The van der Waals surface area contributed by atoms with E-state index in [1.807, 2.05) is 13.8 Å². The molecule has 1 unspecified atom stereocenters. The summed E-state index contributed by atoms with van der Waals surface area (Å²) in [5, 5.41) is 23.6. The zero-order valence-electron chi connectivity index (χ0n) is 20.3. The van der Waals surface area contributed by atoms with Gasteiger partial charge < -0.3 is 24.4 Å². The van der Waals surface area contributed by atoms with Crippen LogP contribution in [0.15, 0.2) is 6.20 Å². The number of rotatable bonds is 6. The van der Waals surface area contributed by atoms with Crippen LogP contribution in [-0.4, -0.2) is 72.7 Å². The molecule has 14 heteroatoms. The number of ether oxygens (including phenoxy) is 3. The second kappa shape index (κ2) is 9.48. The van der Waals surface area contributed by atoms with Gasteiger partial charge in [0.05, 0.1) is 43.1 Å². The van der Waals surface area contributed by atoms with E-state index in [0.29, 0.717) is 35.6 Å². The predicted molar refractivity (Wildman–Crippen MR) is 127 cm³/mol. The fourth-order valence-electron chi connectivity index (χ4n) is 4.15. The van der Waals surface area contributed by atoms with Gasteiger partial charge in [0.1, 0.15) is 10.9 Å². The Morgan fingerprint density at radius 3 is 2.53 bits per heavy atom. The number of fused-ring (bicyclic) bond motifs is 1. The summed E-state index contributed by atoms with van der Waals surface area (Å²) >= 11 is 6.45. The molecule has 0 saturated carbocycles. The van der Waals surface area contributed by atoms with Gasteiger partial charge in [-0.05, 0) is 27.7 Å². The van der Waals surface area contributed by atoms with Crippen molar-refractivity contribution >= 4 is 40.8 Å². The topological polar surface area (TPSA) is 162 Å². The summed E-state index contributed by atoms with van der Waals surface area (Å²) in [6, 6.07) is 0. The maximum absolute atomic E-state index is 11.6. The average molecular weight is 521 g/mol. The summed E-state index contributed by atoms with van der Waals surface area (Å²) < 4.78 is 18.5.